The number of rotatable bonds is 8. The van der Waals surface area contributed by atoms with Crippen LogP contribution in [0.1, 0.15) is 36.3 Å². The minimum Gasteiger partial charge on any atom is -0.399 e. The van der Waals surface area contributed by atoms with Gasteiger partial charge in [-0.1, -0.05) is 64.8 Å². The zero-order valence-electron chi connectivity index (χ0n) is 16.9. The zero-order chi connectivity index (χ0) is 21.6. The van der Waals surface area contributed by atoms with Crippen molar-refractivity contribution in [1.29, 1.82) is 0 Å². The molecule has 5 nitrogen and oxygen atoms in total. The molecule has 1 atom stereocenters. The van der Waals surface area contributed by atoms with Crippen LogP contribution in [-0.4, -0.2) is 48.7 Å². The quantitative estimate of drug-likeness (QED) is 0.362. The molecule has 3 rings (SSSR count). The summed E-state index contributed by atoms with van der Waals surface area (Å²) >= 11 is 12.2. The lowest BCUT2D eigenvalue weighted by Gasteiger charge is -2.39. The topological polar surface area (TPSA) is 62.1 Å². The van der Waals surface area contributed by atoms with Gasteiger partial charge in [0.15, 0.2) is 6.29 Å². The maximum atomic E-state index is 11.6. The molecule has 1 heterocycles. The average Bonchev–Trinajstić information content (AvgIpc) is 2.77. The van der Waals surface area contributed by atoms with Crippen molar-refractivity contribution in [1.82, 2.24) is 4.90 Å². The molecule has 0 saturated carbocycles. The summed E-state index contributed by atoms with van der Waals surface area (Å²) in [5.41, 5.74) is 1.36. The van der Waals surface area contributed by atoms with E-state index in [0.717, 1.165) is 37.0 Å². The van der Waals surface area contributed by atoms with E-state index in [1.807, 2.05) is 36.4 Å². The summed E-state index contributed by atoms with van der Waals surface area (Å²) in [5.74, 6) is -0.257. The Balaban J connectivity index is 1.68. The van der Waals surface area contributed by atoms with Gasteiger partial charge in [0.2, 0.25) is 0 Å². The van der Waals surface area contributed by atoms with Crippen molar-refractivity contribution in [2.45, 2.75) is 30.8 Å². The van der Waals surface area contributed by atoms with Gasteiger partial charge in [0.25, 0.3) is 0 Å². The van der Waals surface area contributed by atoms with E-state index in [4.69, 9.17) is 28.0 Å². The van der Waals surface area contributed by atoms with Gasteiger partial charge in [-0.05, 0) is 49.1 Å². The summed E-state index contributed by atoms with van der Waals surface area (Å²) in [4.78, 5) is 18.8. The molecule has 1 unspecified atom stereocenters. The SMILES string of the molecule is CON=C(C=O)C(CCN1CCC(O)(c2ccccc2)CC1)c1ccc(Cl)c(Cl)c1. The van der Waals surface area contributed by atoms with Crippen LogP contribution in [0.15, 0.2) is 53.7 Å². The highest BCUT2D eigenvalue weighted by atomic mass is 35.5. The van der Waals surface area contributed by atoms with Crippen LogP contribution in [0.5, 0.6) is 0 Å². The molecule has 1 aliphatic heterocycles. The molecular weight excluding hydrogens is 423 g/mol. The van der Waals surface area contributed by atoms with E-state index in [1.54, 1.807) is 12.1 Å². The number of carbonyl (C=O) groups excluding carboxylic acids is 1. The van der Waals surface area contributed by atoms with Crippen LogP contribution in [0.2, 0.25) is 10.0 Å². The molecule has 1 fully saturated rings. The summed E-state index contributed by atoms with van der Waals surface area (Å²) < 4.78 is 0. The molecule has 1 saturated heterocycles. The van der Waals surface area contributed by atoms with Crippen molar-refractivity contribution < 1.29 is 14.7 Å². The highest BCUT2D eigenvalue weighted by molar-refractivity contribution is 6.42. The van der Waals surface area contributed by atoms with E-state index in [9.17, 15) is 9.90 Å². The van der Waals surface area contributed by atoms with Crippen LogP contribution < -0.4 is 0 Å². The van der Waals surface area contributed by atoms with Crippen LogP contribution in [0.3, 0.4) is 0 Å². The van der Waals surface area contributed by atoms with Gasteiger partial charge >= 0.3 is 0 Å². The van der Waals surface area contributed by atoms with Gasteiger partial charge in [0.05, 0.1) is 15.6 Å². The molecular formula is C23H26Cl2N2O3. The van der Waals surface area contributed by atoms with Crippen LogP contribution >= 0.6 is 23.2 Å². The number of likely N-dealkylation sites (tertiary alicyclic amines) is 1. The van der Waals surface area contributed by atoms with E-state index < -0.39 is 5.60 Å². The van der Waals surface area contributed by atoms with Crippen molar-refractivity contribution >= 4 is 35.2 Å². The highest BCUT2D eigenvalue weighted by Crippen LogP contribution is 2.34. The number of halogens is 2. The number of carbonyl (C=O) groups is 1. The van der Waals surface area contributed by atoms with Gasteiger partial charge in [-0.15, -0.1) is 0 Å². The Morgan fingerprint density at radius 1 is 1.20 bits per heavy atom. The summed E-state index contributed by atoms with van der Waals surface area (Å²) in [6, 6.07) is 15.2. The second-order valence-electron chi connectivity index (χ2n) is 7.57. The number of benzene rings is 2. The highest BCUT2D eigenvalue weighted by Gasteiger charge is 2.34. The smallest absolute Gasteiger partial charge is 0.168 e. The minimum atomic E-state index is -0.785. The molecule has 1 aliphatic rings. The molecule has 160 valence electrons. The first-order chi connectivity index (χ1) is 14.5. The number of piperidine rings is 1. The molecule has 0 aromatic heterocycles. The second kappa shape index (κ2) is 10.4. The lowest BCUT2D eigenvalue weighted by molar-refractivity contribution is -0.103. The van der Waals surface area contributed by atoms with Gasteiger partial charge in [0, 0.05) is 19.0 Å². The van der Waals surface area contributed by atoms with Crippen molar-refractivity contribution in [2.24, 2.45) is 5.16 Å². The second-order valence-corrected chi connectivity index (χ2v) is 8.39. The molecule has 7 heteroatoms. The van der Waals surface area contributed by atoms with Gasteiger partial charge in [-0.25, -0.2) is 0 Å². The minimum absolute atomic E-state index is 0.257. The standard InChI is InChI=1S/C23H26Cl2N2O3/c1-30-26-22(16-28)19(17-7-8-20(24)21(25)15-17)9-12-27-13-10-23(29,11-14-27)18-5-3-2-4-6-18/h2-8,15-16,19,29H,9-14H2,1H3. The summed E-state index contributed by atoms with van der Waals surface area (Å²) in [5, 5.41) is 15.8. The first-order valence-corrected chi connectivity index (χ1v) is 10.7. The van der Waals surface area contributed by atoms with E-state index >= 15 is 0 Å². The Morgan fingerprint density at radius 3 is 2.50 bits per heavy atom. The third-order valence-corrected chi connectivity index (χ3v) is 6.49. The molecule has 0 spiro atoms. The van der Waals surface area contributed by atoms with Gasteiger partial charge < -0.3 is 14.8 Å². The Labute approximate surface area is 187 Å². The van der Waals surface area contributed by atoms with Crippen LogP contribution in [0.25, 0.3) is 0 Å². The average molecular weight is 449 g/mol. The third kappa shape index (κ3) is 5.41. The fourth-order valence-electron chi connectivity index (χ4n) is 3.98. The predicted octanol–water partition coefficient (Wildman–Crippen LogP) is 4.65. The monoisotopic (exact) mass is 448 g/mol. The normalized spacial score (nSPS) is 18.1. The Bertz CT molecular complexity index is 881. The van der Waals surface area contributed by atoms with Crippen molar-refractivity contribution in [3.63, 3.8) is 0 Å². The maximum absolute atomic E-state index is 11.6. The summed E-state index contributed by atoms with van der Waals surface area (Å²) in [7, 11) is 1.42. The molecule has 2 aromatic carbocycles. The van der Waals surface area contributed by atoms with Gasteiger partial charge in [-0.3, -0.25) is 4.79 Å². The summed E-state index contributed by atoms with van der Waals surface area (Å²) in [6.07, 6.45) is 2.73. The molecule has 30 heavy (non-hydrogen) atoms. The Morgan fingerprint density at radius 2 is 1.90 bits per heavy atom. The maximum Gasteiger partial charge on any atom is 0.168 e. The zero-order valence-corrected chi connectivity index (χ0v) is 18.4. The number of nitrogens with zero attached hydrogens (tertiary/aromatic N) is 2. The first kappa shape index (κ1) is 22.8. The first-order valence-electron chi connectivity index (χ1n) is 9.98. The summed E-state index contributed by atoms with van der Waals surface area (Å²) in [6.45, 7) is 2.31. The van der Waals surface area contributed by atoms with Crippen LogP contribution in [-0.2, 0) is 15.2 Å². The van der Waals surface area contributed by atoms with E-state index in [1.165, 1.54) is 7.11 Å². The van der Waals surface area contributed by atoms with Crippen LogP contribution in [0, 0.1) is 0 Å². The molecule has 0 radical (unpaired) electrons. The van der Waals surface area contributed by atoms with Gasteiger partial charge in [0.1, 0.15) is 12.8 Å². The van der Waals surface area contributed by atoms with E-state index in [0.29, 0.717) is 35.0 Å². The van der Waals surface area contributed by atoms with Crippen LogP contribution in [0.4, 0.5) is 0 Å². The van der Waals surface area contributed by atoms with Crippen molar-refractivity contribution in [2.75, 3.05) is 26.7 Å². The number of hydrogen-bond acceptors (Lipinski definition) is 5. The fraction of sp³-hybridized carbons (Fsp3) is 0.391. The van der Waals surface area contributed by atoms with E-state index in [2.05, 4.69) is 10.1 Å². The largest absolute Gasteiger partial charge is 0.399 e. The molecule has 0 aliphatic carbocycles. The van der Waals surface area contributed by atoms with Crippen molar-refractivity contribution in [3.8, 4) is 0 Å². The lowest BCUT2D eigenvalue weighted by atomic mass is 9.84. The Kier molecular flexibility index (Phi) is 7.89. The number of aldehydes is 1. The molecule has 0 bridgehead atoms. The van der Waals surface area contributed by atoms with E-state index in [-0.39, 0.29) is 5.92 Å². The molecule has 2 aromatic rings. The molecule has 1 N–H and O–H groups in total. The third-order valence-electron chi connectivity index (χ3n) is 5.75. The number of aliphatic hydroxyl groups is 1. The van der Waals surface area contributed by atoms with Crippen molar-refractivity contribution in [3.05, 3.63) is 69.7 Å². The molecule has 0 amide bonds. The lowest BCUT2D eigenvalue weighted by Crippen LogP contribution is -2.43. The number of hydrogen-bond donors (Lipinski definition) is 1. The number of oxime groups is 1. The Hall–Kier alpha value is -1.92. The predicted molar refractivity (Wildman–Crippen MR) is 120 cm³/mol. The fourth-order valence-corrected chi connectivity index (χ4v) is 4.29. The van der Waals surface area contributed by atoms with Gasteiger partial charge in [-0.2, -0.15) is 0 Å².